The minimum Gasteiger partial charge on any atom is -0.494 e. The molecule has 0 fully saturated rings. The van der Waals surface area contributed by atoms with Gasteiger partial charge in [0.05, 0.1) is 30.1 Å². The van der Waals surface area contributed by atoms with E-state index in [-0.39, 0.29) is 16.5 Å². The molecule has 3 aromatic rings. The van der Waals surface area contributed by atoms with E-state index in [1.165, 1.54) is 13.2 Å². The first-order valence-corrected chi connectivity index (χ1v) is 8.76. The number of aryl methyl sites for hydroxylation is 1. The van der Waals surface area contributed by atoms with Crippen LogP contribution in [0.2, 0.25) is 0 Å². The number of H-pyrrole nitrogens is 2. The number of ether oxygens (including phenoxy) is 1. The number of carbonyl (C=O) groups is 1. The summed E-state index contributed by atoms with van der Waals surface area (Å²) in [5.41, 5.74) is 3.55. The molecule has 0 radical (unpaired) electrons. The van der Waals surface area contributed by atoms with Gasteiger partial charge in [-0.15, -0.1) is 0 Å². The normalized spacial score (nSPS) is 16.3. The van der Waals surface area contributed by atoms with Crippen LogP contribution in [0, 0.1) is 12.7 Å². The predicted molar refractivity (Wildman–Crippen MR) is 94.1 cm³/mol. The van der Waals surface area contributed by atoms with Crippen molar-refractivity contribution in [3.63, 3.8) is 0 Å². The Morgan fingerprint density at radius 3 is 2.85 bits per heavy atom. The molecule has 4 rings (SSSR count). The molecule has 2 aromatic heterocycles. The fourth-order valence-electron chi connectivity index (χ4n) is 3.25. The molecule has 0 saturated heterocycles. The minimum absolute atomic E-state index is 0.0691. The quantitative estimate of drug-likeness (QED) is 0.655. The highest BCUT2D eigenvalue weighted by Crippen LogP contribution is 2.36. The molecule has 1 atom stereocenters. The van der Waals surface area contributed by atoms with Gasteiger partial charge in [0, 0.05) is 23.1 Å². The van der Waals surface area contributed by atoms with Gasteiger partial charge in [0.2, 0.25) is 0 Å². The van der Waals surface area contributed by atoms with Crippen LogP contribution in [0.15, 0.2) is 22.3 Å². The maximum Gasteiger partial charge on any atom is 0.304 e. The smallest absolute Gasteiger partial charge is 0.304 e. The first kappa shape index (κ1) is 16.5. The van der Waals surface area contributed by atoms with Gasteiger partial charge in [-0.25, -0.2) is 4.39 Å². The molecule has 1 aliphatic rings. The van der Waals surface area contributed by atoms with Gasteiger partial charge >= 0.3 is 4.87 Å². The molecule has 0 spiro atoms. The van der Waals surface area contributed by atoms with Gasteiger partial charge in [0.1, 0.15) is 0 Å². The number of nitrogens with zero attached hydrogens (tertiary/aromatic N) is 1. The third-order valence-electron chi connectivity index (χ3n) is 4.46. The second-order valence-electron chi connectivity index (χ2n) is 6.04. The molecule has 0 unspecified atom stereocenters. The number of amides is 1. The highest BCUT2D eigenvalue weighted by molar-refractivity contribution is 7.07. The molecule has 26 heavy (non-hydrogen) atoms. The molecule has 3 N–H and O–H groups in total. The van der Waals surface area contributed by atoms with Crippen molar-refractivity contribution in [2.45, 2.75) is 19.4 Å². The Labute approximate surface area is 151 Å². The number of nitrogens with one attached hydrogen (secondary N) is 3. The Balaban J connectivity index is 1.85. The van der Waals surface area contributed by atoms with Crippen molar-refractivity contribution in [1.82, 2.24) is 20.5 Å². The van der Waals surface area contributed by atoms with Gasteiger partial charge in [-0.3, -0.25) is 14.7 Å². The van der Waals surface area contributed by atoms with Crippen molar-refractivity contribution in [1.29, 1.82) is 0 Å². The van der Waals surface area contributed by atoms with Gasteiger partial charge in [-0.05, 0) is 24.6 Å². The number of aromatic amines is 2. The number of hydrogen-bond acceptors (Lipinski definition) is 5. The van der Waals surface area contributed by atoms with Crippen LogP contribution in [0.5, 0.6) is 5.75 Å². The monoisotopic (exact) mass is 374 g/mol. The molecular formula is C17H15FN4O3S. The van der Waals surface area contributed by atoms with Crippen LogP contribution < -0.4 is 14.9 Å². The molecule has 0 aliphatic carbocycles. The van der Waals surface area contributed by atoms with E-state index in [1.807, 2.05) is 0 Å². The number of benzene rings is 1. The third-order valence-corrected chi connectivity index (χ3v) is 5.13. The van der Waals surface area contributed by atoms with Crippen molar-refractivity contribution in [2.24, 2.45) is 0 Å². The summed E-state index contributed by atoms with van der Waals surface area (Å²) in [4.78, 5) is 26.5. The number of hydrogen-bond donors (Lipinski definition) is 3. The first-order valence-electron chi connectivity index (χ1n) is 7.88. The molecule has 1 aliphatic heterocycles. The summed E-state index contributed by atoms with van der Waals surface area (Å²) in [6.45, 7) is 1.79. The van der Waals surface area contributed by atoms with E-state index in [0.29, 0.717) is 40.2 Å². The summed E-state index contributed by atoms with van der Waals surface area (Å²) in [5.74, 6) is -0.716. The zero-order valence-electron chi connectivity index (χ0n) is 14.0. The fraction of sp³-hybridized carbons (Fsp3) is 0.235. The molecule has 1 amide bonds. The number of rotatable bonds is 3. The average Bonchev–Trinajstić information content (AvgIpc) is 3.21. The lowest BCUT2D eigenvalue weighted by Crippen LogP contribution is -2.35. The van der Waals surface area contributed by atoms with Crippen molar-refractivity contribution < 1.29 is 13.9 Å². The summed E-state index contributed by atoms with van der Waals surface area (Å²) in [5, 5.41) is 11.6. The van der Waals surface area contributed by atoms with Crippen molar-refractivity contribution in [3.8, 4) is 17.0 Å². The molecule has 0 bridgehead atoms. The number of fused-ring (bicyclic) bond motifs is 1. The van der Waals surface area contributed by atoms with Crippen LogP contribution in [0.4, 0.5) is 4.39 Å². The average molecular weight is 374 g/mol. The topological polar surface area (TPSA) is 99.9 Å². The fourth-order valence-corrected chi connectivity index (χ4v) is 3.83. The lowest BCUT2D eigenvalue weighted by molar-refractivity contribution is 0.0924. The van der Waals surface area contributed by atoms with Crippen molar-refractivity contribution in [3.05, 3.63) is 55.5 Å². The van der Waals surface area contributed by atoms with E-state index in [0.717, 1.165) is 11.3 Å². The van der Waals surface area contributed by atoms with Gasteiger partial charge in [-0.1, -0.05) is 11.3 Å². The standard InChI is InChI=1S/C17H15FN4O3S/c1-7-15-12(22-21-7)5-11(19-16(15)23)9-4-14(25-2)10(18)3-8(9)13-6-26-17(24)20-13/h3-4,6,11H,5H2,1-2H3,(H,19,23)(H,20,24)(H,21,22)/t11-/m1/s1. The van der Waals surface area contributed by atoms with Crippen LogP contribution >= 0.6 is 11.3 Å². The Hall–Kier alpha value is -2.94. The van der Waals surface area contributed by atoms with E-state index in [9.17, 15) is 14.0 Å². The molecule has 1 aromatic carbocycles. The molecule has 0 saturated carbocycles. The first-order chi connectivity index (χ1) is 12.5. The van der Waals surface area contributed by atoms with Gasteiger partial charge < -0.3 is 15.0 Å². The summed E-state index contributed by atoms with van der Waals surface area (Å²) < 4.78 is 19.4. The second kappa shape index (κ2) is 6.10. The van der Waals surface area contributed by atoms with Crippen LogP contribution in [-0.4, -0.2) is 28.2 Å². The summed E-state index contributed by atoms with van der Waals surface area (Å²) in [6, 6.07) is 2.44. The van der Waals surface area contributed by atoms with Crippen LogP contribution in [0.1, 0.15) is 33.4 Å². The summed E-state index contributed by atoms with van der Waals surface area (Å²) in [7, 11) is 1.38. The van der Waals surface area contributed by atoms with E-state index >= 15 is 0 Å². The van der Waals surface area contributed by atoms with Gasteiger partial charge in [0.15, 0.2) is 11.6 Å². The summed E-state index contributed by atoms with van der Waals surface area (Å²) >= 11 is 0.993. The maximum absolute atomic E-state index is 14.3. The SMILES string of the molecule is COc1cc([C@H]2Cc3n[nH]c(C)c3C(=O)N2)c(-c2csc(=O)[nH]2)cc1F. The lowest BCUT2D eigenvalue weighted by Gasteiger charge is -2.26. The highest BCUT2D eigenvalue weighted by atomic mass is 32.1. The Morgan fingerprint density at radius 1 is 1.35 bits per heavy atom. The molecule has 9 heteroatoms. The number of methoxy groups -OCH3 is 1. The highest BCUT2D eigenvalue weighted by Gasteiger charge is 2.31. The van der Waals surface area contributed by atoms with E-state index in [1.54, 1.807) is 18.4 Å². The van der Waals surface area contributed by atoms with Crippen LogP contribution in [0.25, 0.3) is 11.3 Å². The minimum atomic E-state index is -0.545. The molecule has 3 heterocycles. The number of aromatic nitrogens is 3. The summed E-state index contributed by atoms with van der Waals surface area (Å²) in [6.07, 6.45) is 0.446. The van der Waals surface area contributed by atoms with Gasteiger partial charge in [0.25, 0.3) is 5.91 Å². The third kappa shape index (κ3) is 2.60. The maximum atomic E-state index is 14.3. The Morgan fingerprint density at radius 2 is 2.15 bits per heavy atom. The van der Waals surface area contributed by atoms with Crippen LogP contribution in [0.3, 0.4) is 0 Å². The molecule has 134 valence electrons. The molecule has 7 nitrogen and oxygen atoms in total. The largest absolute Gasteiger partial charge is 0.494 e. The Kier molecular flexibility index (Phi) is 3.87. The van der Waals surface area contributed by atoms with Crippen molar-refractivity contribution in [2.75, 3.05) is 7.11 Å². The number of halogens is 1. The number of thiazole rings is 1. The molecular weight excluding hydrogens is 359 g/mol. The predicted octanol–water partition coefficient (Wildman–Crippen LogP) is 2.31. The lowest BCUT2D eigenvalue weighted by atomic mass is 9.90. The van der Waals surface area contributed by atoms with Crippen LogP contribution in [-0.2, 0) is 6.42 Å². The van der Waals surface area contributed by atoms with E-state index in [4.69, 9.17) is 4.74 Å². The number of carbonyl (C=O) groups excluding carboxylic acids is 1. The zero-order valence-corrected chi connectivity index (χ0v) is 14.8. The van der Waals surface area contributed by atoms with Crippen molar-refractivity contribution >= 4 is 17.2 Å². The second-order valence-corrected chi connectivity index (χ2v) is 6.88. The van der Waals surface area contributed by atoms with E-state index in [2.05, 4.69) is 20.5 Å². The zero-order chi connectivity index (χ0) is 18.4. The van der Waals surface area contributed by atoms with E-state index < -0.39 is 11.9 Å². The Bertz CT molecular complexity index is 1070. The van der Waals surface area contributed by atoms with Gasteiger partial charge in [-0.2, -0.15) is 5.10 Å².